The van der Waals surface area contributed by atoms with Crippen LogP contribution in [0.4, 0.5) is 17.6 Å². The first-order valence-electron chi connectivity index (χ1n) is 7.52. The molecule has 0 aliphatic heterocycles. The smallest absolute Gasteiger partial charge is 0.387 e. The minimum Gasteiger partial charge on any atom is -0.435 e. The number of carbonyl (C=O) groups is 1. The van der Waals surface area contributed by atoms with Gasteiger partial charge in [0, 0.05) is 12.6 Å². The van der Waals surface area contributed by atoms with Crippen LogP contribution in [0.5, 0.6) is 5.75 Å². The van der Waals surface area contributed by atoms with E-state index in [1.54, 1.807) is 6.92 Å². The molecule has 3 nitrogen and oxygen atoms in total. The molecule has 0 aliphatic rings. The topological polar surface area (TPSA) is 29.5 Å². The third-order valence-electron chi connectivity index (χ3n) is 3.89. The highest BCUT2D eigenvalue weighted by Crippen LogP contribution is 2.24. The Labute approximate surface area is 142 Å². The molecule has 0 saturated carbocycles. The molecule has 0 saturated heterocycles. The number of nitrogens with zero attached hydrogens (tertiary/aromatic N) is 1. The molecule has 0 radical (unpaired) electrons. The van der Waals surface area contributed by atoms with Crippen LogP contribution in [0.15, 0.2) is 42.5 Å². The molecule has 2 rings (SSSR count). The SMILES string of the molecule is CC(c1cc(F)ccc1F)N(C)C(=O)Cc1ccc(OC(F)F)cc1. The first kappa shape index (κ1) is 18.8. The molecule has 0 fully saturated rings. The van der Waals surface area contributed by atoms with Crippen LogP contribution in [0.1, 0.15) is 24.1 Å². The fourth-order valence-electron chi connectivity index (χ4n) is 2.35. The van der Waals surface area contributed by atoms with E-state index in [4.69, 9.17) is 0 Å². The Hall–Kier alpha value is -2.57. The molecular weight excluding hydrogens is 338 g/mol. The Balaban J connectivity index is 2.05. The number of ether oxygens (including phenoxy) is 1. The van der Waals surface area contributed by atoms with Crippen molar-refractivity contribution in [3.05, 3.63) is 65.2 Å². The number of amides is 1. The van der Waals surface area contributed by atoms with E-state index >= 15 is 0 Å². The molecule has 0 bridgehead atoms. The predicted molar refractivity (Wildman–Crippen MR) is 84.3 cm³/mol. The summed E-state index contributed by atoms with van der Waals surface area (Å²) in [6.07, 6.45) is -0.00721. The van der Waals surface area contributed by atoms with Gasteiger partial charge in [-0.25, -0.2) is 8.78 Å². The summed E-state index contributed by atoms with van der Waals surface area (Å²) in [4.78, 5) is 13.7. The van der Waals surface area contributed by atoms with Gasteiger partial charge in [0.25, 0.3) is 0 Å². The minimum atomic E-state index is -2.92. The number of alkyl halides is 2. The molecule has 0 aromatic heterocycles. The van der Waals surface area contributed by atoms with Crippen molar-refractivity contribution >= 4 is 5.91 Å². The first-order chi connectivity index (χ1) is 11.8. The summed E-state index contributed by atoms with van der Waals surface area (Å²) in [7, 11) is 1.49. The molecule has 2 aromatic carbocycles. The second-order valence-corrected chi connectivity index (χ2v) is 5.55. The van der Waals surface area contributed by atoms with E-state index in [1.807, 2.05) is 0 Å². The average molecular weight is 355 g/mol. The Bertz CT molecular complexity index is 734. The third-order valence-corrected chi connectivity index (χ3v) is 3.89. The van der Waals surface area contributed by atoms with Crippen LogP contribution in [0, 0.1) is 11.6 Å². The number of likely N-dealkylation sites (N-methyl/N-ethyl adjacent to an activating group) is 1. The van der Waals surface area contributed by atoms with Gasteiger partial charge in [0.05, 0.1) is 12.5 Å². The molecule has 25 heavy (non-hydrogen) atoms. The monoisotopic (exact) mass is 355 g/mol. The second kappa shape index (κ2) is 8.00. The van der Waals surface area contributed by atoms with Crippen LogP contribution in [-0.2, 0) is 11.2 Å². The zero-order chi connectivity index (χ0) is 18.6. The van der Waals surface area contributed by atoms with E-state index in [0.29, 0.717) is 5.56 Å². The lowest BCUT2D eigenvalue weighted by Crippen LogP contribution is -2.31. The van der Waals surface area contributed by atoms with Gasteiger partial charge in [0.15, 0.2) is 0 Å². The van der Waals surface area contributed by atoms with E-state index in [1.165, 1.54) is 36.2 Å². The molecule has 0 spiro atoms. The van der Waals surface area contributed by atoms with Gasteiger partial charge in [0.2, 0.25) is 5.91 Å². The maximum atomic E-state index is 13.8. The van der Waals surface area contributed by atoms with Gasteiger partial charge in [-0.1, -0.05) is 12.1 Å². The summed E-state index contributed by atoms with van der Waals surface area (Å²) >= 11 is 0. The average Bonchev–Trinajstić information content (AvgIpc) is 2.57. The van der Waals surface area contributed by atoms with E-state index in [0.717, 1.165) is 18.2 Å². The number of carbonyl (C=O) groups excluding carboxylic acids is 1. The molecule has 0 N–H and O–H groups in total. The molecule has 134 valence electrons. The van der Waals surface area contributed by atoms with E-state index in [2.05, 4.69) is 4.74 Å². The highest BCUT2D eigenvalue weighted by molar-refractivity contribution is 5.79. The molecule has 2 aromatic rings. The van der Waals surface area contributed by atoms with Crippen LogP contribution in [0.3, 0.4) is 0 Å². The molecule has 0 heterocycles. The van der Waals surface area contributed by atoms with Gasteiger partial charge in [-0.2, -0.15) is 8.78 Å². The predicted octanol–water partition coefficient (Wildman–Crippen LogP) is 4.33. The number of rotatable bonds is 6. The van der Waals surface area contributed by atoms with Crippen LogP contribution in [0.25, 0.3) is 0 Å². The van der Waals surface area contributed by atoms with E-state index in [9.17, 15) is 22.4 Å². The number of halogens is 4. The summed E-state index contributed by atoms with van der Waals surface area (Å²) < 4.78 is 55.6. The van der Waals surface area contributed by atoms with Gasteiger partial charge in [0.1, 0.15) is 17.4 Å². The zero-order valence-electron chi connectivity index (χ0n) is 13.7. The van der Waals surface area contributed by atoms with Crippen LogP contribution < -0.4 is 4.74 Å². The summed E-state index contributed by atoms with van der Waals surface area (Å²) in [6, 6.07) is 8.09. The number of hydrogen-bond acceptors (Lipinski definition) is 2. The summed E-state index contributed by atoms with van der Waals surface area (Å²) in [5.74, 6) is -1.51. The summed E-state index contributed by atoms with van der Waals surface area (Å²) in [5.41, 5.74) is 0.668. The Kier molecular flexibility index (Phi) is 6.01. The normalized spacial score (nSPS) is 12.1. The fourth-order valence-corrected chi connectivity index (χ4v) is 2.35. The van der Waals surface area contributed by atoms with Crippen molar-refractivity contribution < 1.29 is 27.1 Å². The van der Waals surface area contributed by atoms with Gasteiger partial charge >= 0.3 is 6.61 Å². The standard InChI is InChI=1S/C18H17F4NO2/c1-11(15-10-13(19)5-8-16(15)20)23(2)17(24)9-12-3-6-14(7-4-12)25-18(21)22/h3-8,10-11,18H,9H2,1-2H3. The van der Waals surface area contributed by atoms with Crippen molar-refractivity contribution in [3.63, 3.8) is 0 Å². The second-order valence-electron chi connectivity index (χ2n) is 5.55. The highest BCUT2D eigenvalue weighted by Gasteiger charge is 2.21. The van der Waals surface area contributed by atoms with Gasteiger partial charge in [-0.3, -0.25) is 4.79 Å². The van der Waals surface area contributed by atoms with Crippen molar-refractivity contribution in [2.75, 3.05) is 7.05 Å². The molecule has 1 unspecified atom stereocenters. The van der Waals surface area contributed by atoms with Gasteiger partial charge in [-0.15, -0.1) is 0 Å². The van der Waals surface area contributed by atoms with Gasteiger partial charge in [-0.05, 0) is 42.8 Å². The van der Waals surface area contributed by atoms with E-state index < -0.39 is 24.3 Å². The molecule has 7 heteroatoms. The molecule has 1 amide bonds. The minimum absolute atomic E-state index is 0.00486. The fraction of sp³-hybridized carbons (Fsp3) is 0.278. The van der Waals surface area contributed by atoms with Crippen LogP contribution in [-0.4, -0.2) is 24.5 Å². The number of benzene rings is 2. The third kappa shape index (κ3) is 4.95. The van der Waals surface area contributed by atoms with Crippen molar-refractivity contribution in [2.45, 2.75) is 26.0 Å². The molecule has 0 aliphatic carbocycles. The molecular formula is C18H17F4NO2. The van der Waals surface area contributed by atoms with Crippen molar-refractivity contribution in [1.82, 2.24) is 4.90 Å². The largest absolute Gasteiger partial charge is 0.435 e. The quantitative estimate of drug-likeness (QED) is 0.722. The van der Waals surface area contributed by atoms with Crippen molar-refractivity contribution in [3.8, 4) is 5.75 Å². The lowest BCUT2D eigenvalue weighted by Gasteiger charge is -2.26. The van der Waals surface area contributed by atoms with Crippen LogP contribution >= 0.6 is 0 Å². The maximum Gasteiger partial charge on any atom is 0.387 e. The van der Waals surface area contributed by atoms with Crippen molar-refractivity contribution in [1.29, 1.82) is 0 Å². The first-order valence-corrected chi connectivity index (χ1v) is 7.52. The highest BCUT2D eigenvalue weighted by atomic mass is 19.3. The Morgan fingerprint density at radius 3 is 2.36 bits per heavy atom. The lowest BCUT2D eigenvalue weighted by molar-refractivity contribution is -0.131. The Morgan fingerprint density at radius 1 is 1.12 bits per heavy atom. The lowest BCUT2D eigenvalue weighted by atomic mass is 10.0. The van der Waals surface area contributed by atoms with Crippen LogP contribution in [0.2, 0.25) is 0 Å². The Morgan fingerprint density at radius 2 is 1.76 bits per heavy atom. The summed E-state index contributed by atoms with van der Waals surface area (Å²) in [5, 5.41) is 0. The van der Waals surface area contributed by atoms with E-state index in [-0.39, 0.29) is 23.6 Å². The maximum absolute atomic E-state index is 13.8. The number of hydrogen-bond donors (Lipinski definition) is 0. The summed E-state index contributed by atoms with van der Waals surface area (Å²) in [6.45, 7) is -1.32. The zero-order valence-corrected chi connectivity index (χ0v) is 13.7. The molecule has 1 atom stereocenters. The van der Waals surface area contributed by atoms with Crippen molar-refractivity contribution in [2.24, 2.45) is 0 Å². The van der Waals surface area contributed by atoms with Gasteiger partial charge < -0.3 is 9.64 Å².